The van der Waals surface area contributed by atoms with Gasteiger partial charge in [0.2, 0.25) is 0 Å². The van der Waals surface area contributed by atoms with Crippen molar-refractivity contribution in [2.75, 3.05) is 18.4 Å². The highest BCUT2D eigenvalue weighted by atomic mass is 19.1. The molecule has 1 saturated heterocycles. The fraction of sp³-hybridized carbons (Fsp3) is 0.278. The number of aromatic amines is 1. The predicted molar refractivity (Wildman–Crippen MR) is 96.1 cm³/mol. The van der Waals surface area contributed by atoms with Crippen molar-refractivity contribution in [1.29, 1.82) is 0 Å². The van der Waals surface area contributed by atoms with Crippen molar-refractivity contribution >= 4 is 22.8 Å². The van der Waals surface area contributed by atoms with Crippen LogP contribution in [-0.2, 0) is 6.54 Å². The zero-order valence-corrected chi connectivity index (χ0v) is 14.1. The van der Waals surface area contributed by atoms with Crippen molar-refractivity contribution < 1.29 is 9.18 Å². The van der Waals surface area contributed by atoms with Crippen LogP contribution in [0.3, 0.4) is 0 Å². The average molecular weight is 354 g/mol. The Labute approximate surface area is 149 Å². The molecule has 26 heavy (non-hydrogen) atoms. The lowest BCUT2D eigenvalue weighted by molar-refractivity contribution is 0.0834. The van der Waals surface area contributed by atoms with Gasteiger partial charge >= 0.3 is 6.03 Å². The first kappa shape index (κ1) is 16.5. The Morgan fingerprint density at radius 2 is 2.00 bits per heavy atom. The lowest BCUT2D eigenvalue weighted by atomic mass is 10.0. The van der Waals surface area contributed by atoms with Crippen LogP contribution in [0.15, 0.2) is 42.5 Å². The second-order valence-corrected chi connectivity index (χ2v) is 6.38. The van der Waals surface area contributed by atoms with Gasteiger partial charge in [-0.25, -0.2) is 9.18 Å². The van der Waals surface area contributed by atoms with Gasteiger partial charge in [-0.3, -0.25) is 4.90 Å². The van der Waals surface area contributed by atoms with Gasteiger partial charge in [0.1, 0.15) is 16.9 Å². The number of aromatic nitrogens is 3. The summed E-state index contributed by atoms with van der Waals surface area (Å²) in [7, 11) is 0. The number of hydrogen-bond acceptors (Lipinski definition) is 4. The summed E-state index contributed by atoms with van der Waals surface area (Å²) in [4.78, 5) is 14.4. The minimum absolute atomic E-state index is 0.0821. The first-order valence-electron chi connectivity index (χ1n) is 8.52. The molecule has 1 fully saturated rings. The van der Waals surface area contributed by atoms with E-state index in [1.807, 2.05) is 18.2 Å². The van der Waals surface area contributed by atoms with Gasteiger partial charge in [0.05, 0.1) is 5.69 Å². The minimum atomic E-state index is -0.545. The van der Waals surface area contributed by atoms with Crippen LogP contribution in [0.25, 0.3) is 11.0 Å². The third kappa shape index (κ3) is 3.50. The molecule has 2 aromatic carbocycles. The fourth-order valence-corrected chi connectivity index (χ4v) is 3.09. The van der Waals surface area contributed by atoms with Crippen LogP contribution in [-0.4, -0.2) is 45.5 Å². The molecule has 1 unspecified atom stereocenters. The number of nitrogens with zero attached hydrogens (tertiary/aromatic N) is 3. The Morgan fingerprint density at radius 3 is 2.73 bits per heavy atom. The molecular weight excluding hydrogens is 335 g/mol. The molecule has 3 aromatic rings. The third-order valence-corrected chi connectivity index (χ3v) is 4.65. The number of carbonyl (C=O) groups is 1. The molecule has 0 saturated carbocycles. The molecule has 2 heterocycles. The summed E-state index contributed by atoms with van der Waals surface area (Å²) in [6, 6.07) is 12.8. The summed E-state index contributed by atoms with van der Waals surface area (Å²) in [6.07, 6.45) is 1.03. The highest BCUT2D eigenvalue weighted by molar-refractivity contribution is 5.92. The average Bonchev–Trinajstić information content (AvgIpc) is 3.07. The van der Waals surface area contributed by atoms with E-state index in [4.69, 9.17) is 0 Å². The van der Waals surface area contributed by atoms with Gasteiger partial charge in [-0.15, -0.1) is 0 Å². The van der Waals surface area contributed by atoms with Gasteiger partial charge < -0.3 is 10.6 Å². The van der Waals surface area contributed by atoms with Crippen molar-refractivity contribution in [3.05, 3.63) is 53.8 Å². The molecule has 134 valence electrons. The van der Waals surface area contributed by atoms with Crippen LogP contribution in [0.5, 0.6) is 0 Å². The molecule has 0 bridgehead atoms. The van der Waals surface area contributed by atoms with Crippen molar-refractivity contribution in [2.45, 2.75) is 19.0 Å². The molecule has 1 aromatic heterocycles. The second-order valence-electron chi connectivity index (χ2n) is 6.38. The van der Waals surface area contributed by atoms with E-state index in [9.17, 15) is 9.18 Å². The summed E-state index contributed by atoms with van der Waals surface area (Å²) in [5.74, 6) is -0.545. The van der Waals surface area contributed by atoms with Crippen LogP contribution in [0.1, 0.15) is 12.0 Å². The monoisotopic (exact) mass is 354 g/mol. The SMILES string of the molecule is O=C(NCC1CCN1Cc1ccccc1)Nc1cc2n[nH]nc2cc1F. The number of rotatable bonds is 5. The Morgan fingerprint density at radius 1 is 1.23 bits per heavy atom. The number of fused-ring (bicyclic) bond motifs is 1. The Hall–Kier alpha value is -3.00. The van der Waals surface area contributed by atoms with E-state index >= 15 is 0 Å². The number of benzene rings is 2. The molecule has 4 rings (SSSR count). The number of nitrogens with one attached hydrogen (secondary N) is 3. The smallest absolute Gasteiger partial charge is 0.319 e. The quantitative estimate of drug-likeness (QED) is 0.657. The lowest BCUT2D eigenvalue weighted by Gasteiger charge is -2.41. The van der Waals surface area contributed by atoms with Gasteiger partial charge in [0.25, 0.3) is 0 Å². The van der Waals surface area contributed by atoms with Crippen molar-refractivity contribution in [3.63, 3.8) is 0 Å². The zero-order chi connectivity index (χ0) is 17.9. The molecule has 0 spiro atoms. The Bertz CT molecular complexity index is 912. The first-order valence-corrected chi connectivity index (χ1v) is 8.52. The highest BCUT2D eigenvalue weighted by Crippen LogP contribution is 2.21. The summed E-state index contributed by atoms with van der Waals surface area (Å²) in [5, 5.41) is 15.5. The van der Waals surface area contributed by atoms with E-state index < -0.39 is 11.8 Å². The molecule has 1 aliphatic rings. The van der Waals surface area contributed by atoms with E-state index in [1.54, 1.807) is 0 Å². The van der Waals surface area contributed by atoms with Crippen molar-refractivity contribution in [2.24, 2.45) is 0 Å². The van der Waals surface area contributed by atoms with Gasteiger partial charge in [-0.1, -0.05) is 30.3 Å². The standard InChI is InChI=1S/C18H19FN6O/c19-14-8-16-17(23-24-22-16)9-15(14)21-18(26)20-10-13-6-7-25(13)11-12-4-2-1-3-5-12/h1-5,8-9,13H,6-7,10-11H2,(H2,20,21,26)(H,22,23,24). The molecule has 7 nitrogen and oxygen atoms in total. The predicted octanol–water partition coefficient (Wildman–Crippen LogP) is 2.49. The summed E-state index contributed by atoms with van der Waals surface area (Å²) in [6.45, 7) is 2.40. The topological polar surface area (TPSA) is 85.9 Å². The lowest BCUT2D eigenvalue weighted by Crippen LogP contribution is -2.53. The van der Waals surface area contributed by atoms with Gasteiger partial charge in [-0.05, 0) is 18.1 Å². The van der Waals surface area contributed by atoms with Crippen molar-refractivity contribution in [3.8, 4) is 0 Å². The van der Waals surface area contributed by atoms with Crippen LogP contribution >= 0.6 is 0 Å². The number of carbonyl (C=O) groups excluding carboxylic acids is 1. The molecule has 2 amide bonds. The normalized spacial score (nSPS) is 17.0. The second kappa shape index (κ2) is 7.09. The van der Waals surface area contributed by atoms with E-state index in [2.05, 4.69) is 43.1 Å². The summed E-state index contributed by atoms with van der Waals surface area (Å²) in [5.41, 5.74) is 2.25. The highest BCUT2D eigenvalue weighted by Gasteiger charge is 2.28. The fourth-order valence-electron chi connectivity index (χ4n) is 3.09. The maximum Gasteiger partial charge on any atom is 0.319 e. The molecule has 1 atom stereocenters. The molecule has 0 aliphatic carbocycles. The number of hydrogen-bond donors (Lipinski definition) is 3. The van der Waals surface area contributed by atoms with Crippen LogP contribution in [0.4, 0.5) is 14.9 Å². The summed E-state index contributed by atoms with van der Waals surface area (Å²) >= 11 is 0. The van der Waals surface area contributed by atoms with E-state index in [0.29, 0.717) is 23.6 Å². The van der Waals surface area contributed by atoms with Crippen molar-refractivity contribution in [1.82, 2.24) is 25.6 Å². The number of urea groups is 1. The Kier molecular flexibility index (Phi) is 4.49. The maximum absolute atomic E-state index is 14.0. The molecule has 8 heteroatoms. The van der Waals surface area contributed by atoms with E-state index in [0.717, 1.165) is 19.5 Å². The van der Waals surface area contributed by atoms with E-state index in [1.165, 1.54) is 17.7 Å². The molecule has 1 aliphatic heterocycles. The number of anilines is 1. The maximum atomic E-state index is 14.0. The van der Waals surface area contributed by atoms with E-state index in [-0.39, 0.29) is 5.69 Å². The third-order valence-electron chi connectivity index (χ3n) is 4.65. The van der Waals surface area contributed by atoms with Crippen LogP contribution < -0.4 is 10.6 Å². The minimum Gasteiger partial charge on any atom is -0.336 e. The number of halogens is 1. The largest absolute Gasteiger partial charge is 0.336 e. The van der Waals surface area contributed by atoms with Crippen LogP contribution in [0.2, 0.25) is 0 Å². The van der Waals surface area contributed by atoms with Gasteiger partial charge in [0.15, 0.2) is 0 Å². The Balaban J connectivity index is 1.30. The first-order chi connectivity index (χ1) is 12.7. The zero-order valence-electron chi connectivity index (χ0n) is 14.1. The number of amides is 2. The number of H-pyrrole nitrogens is 1. The van der Waals surface area contributed by atoms with Gasteiger partial charge in [0, 0.05) is 31.7 Å². The van der Waals surface area contributed by atoms with Crippen LogP contribution in [0, 0.1) is 5.82 Å². The molecule has 3 N–H and O–H groups in total. The number of likely N-dealkylation sites (tertiary alicyclic amines) is 1. The van der Waals surface area contributed by atoms with Gasteiger partial charge in [-0.2, -0.15) is 15.4 Å². The summed E-state index contributed by atoms with van der Waals surface area (Å²) < 4.78 is 14.0. The molecular formula is C18H19FN6O. The molecule has 0 radical (unpaired) electrons.